The number of methoxy groups -OCH3 is 2. The van der Waals surface area contributed by atoms with E-state index in [1.54, 1.807) is 62.8 Å². The van der Waals surface area contributed by atoms with E-state index in [0.717, 1.165) is 6.07 Å². The van der Waals surface area contributed by atoms with Crippen LogP contribution in [0.5, 0.6) is 11.5 Å². The predicted octanol–water partition coefficient (Wildman–Crippen LogP) is 4.73. The lowest BCUT2D eigenvalue weighted by Crippen LogP contribution is -2.06. The minimum Gasteiger partial charge on any atom is -0.497 e. The Kier molecular flexibility index (Phi) is 5.48. The lowest BCUT2D eigenvalue weighted by atomic mass is 10.0. The summed E-state index contributed by atoms with van der Waals surface area (Å²) in [6.45, 7) is 0. The summed E-state index contributed by atoms with van der Waals surface area (Å²) in [6.07, 6.45) is 0. The average molecular weight is 438 g/mol. The highest BCUT2D eigenvalue weighted by Gasteiger charge is 2.27. The molecule has 158 valence electrons. The molecule has 4 rings (SSSR count). The van der Waals surface area contributed by atoms with Gasteiger partial charge in [-0.3, -0.25) is 0 Å². The lowest BCUT2D eigenvalue weighted by molar-refractivity contribution is 0.414. The summed E-state index contributed by atoms with van der Waals surface area (Å²) in [6, 6.07) is 19.4. The molecule has 31 heavy (non-hydrogen) atoms. The Bertz CT molecular complexity index is 1250. The molecule has 0 spiro atoms. The van der Waals surface area contributed by atoms with Crippen LogP contribution in [0.15, 0.2) is 82.8 Å². The van der Waals surface area contributed by atoms with Gasteiger partial charge in [0.25, 0.3) is 0 Å². The number of hydrogen-bond donors (Lipinski definition) is 1. The lowest BCUT2D eigenvalue weighted by Gasteiger charge is -2.06. The van der Waals surface area contributed by atoms with Crippen LogP contribution in [-0.4, -0.2) is 32.6 Å². The van der Waals surface area contributed by atoms with Crippen LogP contribution in [0.2, 0.25) is 0 Å². The van der Waals surface area contributed by atoms with E-state index in [1.807, 2.05) is 0 Å². The zero-order valence-electron chi connectivity index (χ0n) is 16.8. The van der Waals surface area contributed by atoms with Crippen molar-refractivity contribution in [3.05, 3.63) is 78.6 Å². The number of nitrogens with one attached hydrogen (secondary N) is 1. The Balaban J connectivity index is 1.90. The van der Waals surface area contributed by atoms with Crippen molar-refractivity contribution in [2.24, 2.45) is 0 Å². The second-order valence-electron chi connectivity index (χ2n) is 6.66. The molecule has 0 fully saturated rings. The Morgan fingerprint density at radius 1 is 0.806 bits per heavy atom. The van der Waals surface area contributed by atoms with Crippen LogP contribution in [0, 0.1) is 5.82 Å². The Morgan fingerprint density at radius 3 is 1.90 bits per heavy atom. The van der Waals surface area contributed by atoms with Crippen molar-refractivity contribution in [3.8, 4) is 34.0 Å². The molecular formula is C23H19FN2O4S. The van der Waals surface area contributed by atoms with Gasteiger partial charge in [-0.25, -0.2) is 17.8 Å². The quantitative estimate of drug-likeness (QED) is 0.471. The number of halogens is 1. The Labute approximate surface area is 179 Å². The maximum atomic E-state index is 14.2. The fraction of sp³-hybridized carbons (Fsp3) is 0.0870. The van der Waals surface area contributed by atoms with Crippen molar-refractivity contribution in [2.75, 3.05) is 14.2 Å². The second-order valence-corrected chi connectivity index (χ2v) is 8.49. The van der Waals surface area contributed by atoms with E-state index >= 15 is 0 Å². The summed E-state index contributed by atoms with van der Waals surface area (Å²) < 4.78 is 50.9. The molecule has 0 aliphatic heterocycles. The molecule has 0 saturated heterocycles. The first-order valence-corrected chi connectivity index (χ1v) is 10.8. The van der Waals surface area contributed by atoms with Crippen molar-refractivity contribution >= 4 is 9.84 Å². The summed E-state index contributed by atoms with van der Waals surface area (Å²) in [5, 5.41) is -0.339. The van der Waals surface area contributed by atoms with Crippen LogP contribution in [-0.2, 0) is 9.84 Å². The number of imidazole rings is 1. The van der Waals surface area contributed by atoms with E-state index in [0.29, 0.717) is 34.0 Å². The van der Waals surface area contributed by atoms with Gasteiger partial charge in [-0.2, -0.15) is 0 Å². The minimum atomic E-state index is -4.20. The monoisotopic (exact) mass is 438 g/mol. The summed E-state index contributed by atoms with van der Waals surface area (Å²) in [4.78, 5) is 6.81. The van der Waals surface area contributed by atoms with Gasteiger partial charge in [-0.15, -0.1) is 0 Å². The molecule has 6 nitrogen and oxygen atoms in total. The second kappa shape index (κ2) is 8.23. The highest BCUT2D eigenvalue weighted by atomic mass is 32.2. The minimum absolute atomic E-state index is 0.339. The Hall–Kier alpha value is -3.65. The van der Waals surface area contributed by atoms with E-state index in [4.69, 9.17) is 9.47 Å². The molecule has 1 heterocycles. The first-order valence-electron chi connectivity index (χ1n) is 9.32. The van der Waals surface area contributed by atoms with Crippen molar-refractivity contribution in [3.63, 3.8) is 0 Å². The Morgan fingerprint density at radius 2 is 1.35 bits per heavy atom. The molecule has 0 saturated carbocycles. The third kappa shape index (κ3) is 3.89. The van der Waals surface area contributed by atoms with E-state index in [-0.39, 0.29) is 5.16 Å². The number of aromatic nitrogens is 2. The number of rotatable bonds is 6. The molecule has 3 aromatic carbocycles. The van der Waals surface area contributed by atoms with Crippen molar-refractivity contribution in [1.29, 1.82) is 0 Å². The zero-order chi connectivity index (χ0) is 22.0. The van der Waals surface area contributed by atoms with Gasteiger partial charge in [0, 0.05) is 11.1 Å². The van der Waals surface area contributed by atoms with Crippen molar-refractivity contribution < 1.29 is 22.3 Å². The first kappa shape index (κ1) is 20.6. The largest absolute Gasteiger partial charge is 0.497 e. The maximum absolute atomic E-state index is 14.2. The smallest absolute Gasteiger partial charge is 0.242 e. The zero-order valence-corrected chi connectivity index (χ0v) is 17.6. The molecule has 8 heteroatoms. The van der Waals surface area contributed by atoms with Gasteiger partial charge in [0.15, 0.2) is 0 Å². The highest BCUT2D eigenvalue weighted by molar-refractivity contribution is 7.91. The van der Waals surface area contributed by atoms with Gasteiger partial charge in [0.2, 0.25) is 15.0 Å². The number of ether oxygens (including phenoxy) is 2. The van der Waals surface area contributed by atoms with Gasteiger partial charge in [-0.1, -0.05) is 12.1 Å². The van der Waals surface area contributed by atoms with Gasteiger partial charge in [0.1, 0.15) is 22.2 Å². The normalized spacial score (nSPS) is 11.3. The van der Waals surface area contributed by atoms with E-state index in [9.17, 15) is 12.8 Å². The highest BCUT2D eigenvalue weighted by Crippen LogP contribution is 2.34. The van der Waals surface area contributed by atoms with Crippen LogP contribution in [0.1, 0.15) is 0 Å². The standard InChI is InChI=1S/C23H19FN2O4S/c1-29-17-11-7-15(8-12-17)21-22(16-9-13-18(30-2)14-10-16)26-23(25-21)31(27,28)20-6-4-3-5-19(20)24/h3-14H,1-2H3,(H,25,26). The molecule has 0 aliphatic carbocycles. The third-order valence-corrected chi connectivity index (χ3v) is 6.42. The maximum Gasteiger partial charge on any atom is 0.242 e. The van der Waals surface area contributed by atoms with Crippen LogP contribution in [0.25, 0.3) is 22.5 Å². The molecule has 0 aliphatic rings. The molecular weight excluding hydrogens is 419 g/mol. The van der Waals surface area contributed by atoms with Crippen molar-refractivity contribution in [1.82, 2.24) is 9.97 Å². The van der Waals surface area contributed by atoms with Crippen molar-refractivity contribution in [2.45, 2.75) is 10.1 Å². The summed E-state index contributed by atoms with van der Waals surface area (Å²) in [5.41, 5.74) is 2.29. The van der Waals surface area contributed by atoms with Gasteiger partial charge in [0.05, 0.1) is 25.6 Å². The fourth-order valence-corrected chi connectivity index (χ4v) is 4.41. The number of aromatic amines is 1. The summed E-state index contributed by atoms with van der Waals surface area (Å²) in [7, 11) is -1.08. The predicted molar refractivity (Wildman–Crippen MR) is 114 cm³/mol. The number of hydrogen-bond acceptors (Lipinski definition) is 5. The molecule has 0 radical (unpaired) electrons. The fourth-order valence-electron chi connectivity index (χ4n) is 3.17. The van der Waals surface area contributed by atoms with E-state index in [1.165, 1.54) is 18.2 Å². The third-order valence-electron chi connectivity index (χ3n) is 4.80. The molecule has 1 aromatic heterocycles. The SMILES string of the molecule is COc1ccc(-c2nc(S(=O)(=O)c3ccccc3F)[nH]c2-c2ccc(OC)cc2)cc1. The van der Waals surface area contributed by atoms with E-state index < -0.39 is 20.5 Å². The molecule has 0 amide bonds. The van der Waals surface area contributed by atoms with Gasteiger partial charge >= 0.3 is 0 Å². The van der Waals surface area contributed by atoms with Crippen LogP contribution in [0.3, 0.4) is 0 Å². The molecule has 0 atom stereocenters. The van der Waals surface area contributed by atoms with Crippen LogP contribution in [0.4, 0.5) is 4.39 Å². The molecule has 0 bridgehead atoms. The number of nitrogens with zero attached hydrogens (tertiary/aromatic N) is 1. The number of H-pyrrole nitrogens is 1. The number of benzene rings is 3. The summed E-state index contributed by atoms with van der Waals surface area (Å²) >= 11 is 0. The van der Waals surface area contributed by atoms with Gasteiger partial charge in [-0.05, 0) is 60.7 Å². The van der Waals surface area contributed by atoms with Crippen LogP contribution < -0.4 is 9.47 Å². The molecule has 1 N–H and O–H groups in total. The summed E-state index contributed by atoms with van der Waals surface area (Å²) in [5.74, 6) is 0.480. The molecule has 0 unspecified atom stereocenters. The topological polar surface area (TPSA) is 81.3 Å². The van der Waals surface area contributed by atoms with Gasteiger partial charge < -0.3 is 14.5 Å². The first-order chi connectivity index (χ1) is 14.9. The average Bonchev–Trinajstić information content (AvgIpc) is 3.26. The number of sulfone groups is 1. The van der Waals surface area contributed by atoms with E-state index in [2.05, 4.69) is 9.97 Å². The van der Waals surface area contributed by atoms with Crippen LogP contribution >= 0.6 is 0 Å². The molecule has 4 aromatic rings.